The van der Waals surface area contributed by atoms with Gasteiger partial charge < -0.3 is 10.6 Å². The first-order chi connectivity index (χ1) is 22.0. The van der Waals surface area contributed by atoms with Gasteiger partial charge in [0.25, 0.3) is 0 Å². The van der Waals surface area contributed by atoms with Gasteiger partial charge in [0, 0.05) is 53.3 Å². The van der Waals surface area contributed by atoms with Crippen LogP contribution in [0.4, 0.5) is 21.5 Å². The van der Waals surface area contributed by atoms with Crippen molar-refractivity contribution in [2.24, 2.45) is 0 Å². The fraction of sp³-hybridized carbons (Fsp3) is 0.303. The van der Waals surface area contributed by atoms with Gasteiger partial charge in [0.05, 0.1) is 39.1 Å². The number of nitriles is 1. The monoisotopic (exact) mass is 677 g/mol. The highest BCUT2D eigenvalue weighted by Gasteiger charge is 2.29. The van der Waals surface area contributed by atoms with E-state index in [4.69, 9.17) is 34.8 Å². The zero-order valence-corrected chi connectivity index (χ0v) is 27.7. The Labute approximate surface area is 281 Å². The van der Waals surface area contributed by atoms with Gasteiger partial charge in [-0.3, -0.25) is 9.88 Å². The Morgan fingerprint density at radius 1 is 1.02 bits per heavy atom. The van der Waals surface area contributed by atoms with Crippen molar-refractivity contribution >= 4 is 62.8 Å². The molecule has 0 unspecified atom stereocenters. The summed E-state index contributed by atoms with van der Waals surface area (Å²) in [4.78, 5) is 11.2. The lowest BCUT2D eigenvalue weighted by Gasteiger charge is -2.40. The van der Waals surface area contributed by atoms with E-state index in [2.05, 4.69) is 62.7 Å². The van der Waals surface area contributed by atoms with Crippen LogP contribution in [0.5, 0.6) is 0 Å². The molecule has 0 radical (unpaired) electrons. The molecule has 2 aromatic carbocycles. The standard InChI is InChI=1S/C33H31Cl3FN9/c1-33(2,3)45-11-8-22(9-12-45)46-18-28(43-44-46)31(23-5-4-10-39-32(23)36)42-21-13-24-29(41-20-6-7-27(37)25(34)14-20)19(16-38)17-40-30(24)26(35)15-21/h4-7,10,13-15,17-18,22,31,42H,8-9,11-12H2,1-3H3,(H,40,41)/t31-/m0/s1. The van der Waals surface area contributed by atoms with E-state index in [-0.39, 0.29) is 22.2 Å². The Morgan fingerprint density at radius 3 is 2.48 bits per heavy atom. The van der Waals surface area contributed by atoms with E-state index in [9.17, 15) is 9.65 Å². The van der Waals surface area contributed by atoms with E-state index in [1.807, 2.05) is 29.1 Å². The van der Waals surface area contributed by atoms with Crippen LogP contribution < -0.4 is 10.6 Å². The third-order valence-corrected chi connectivity index (χ3v) is 9.15. The molecule has 9 nitrogen and oxygen atoms in total. The molecule has 46 heavy (non-hydrogen) atoms. The summed E-state index contributed by atoms with van der Waals surface area (Å²) in [5.74, 6) is -0.547. The van der Waals surface area contributed by atoms with Crippen LogP contribution in [0.25, 0.3) is 10.9 Å². The Bertz CT molecular complexity index is 1940. The predicted molar refractivity (Wildman–Crippen MR) is 180 cm³/mol. The highest BCUT2D eigenvalue weighted by atomic mass is 35.5. The molecule has 3 aromatic heterocycles. The molecule has 1 saturated heterocycles. The van der Waals surface area contributed by atoms with E-state index >= 15 is 0 Å². The molecule has 0 amide bonds. The van der Waals surface area contributed by atoms with Crippen molar-refractivity contribution in [3.05, 3.63) is 98.9 Å². The van der Waals surface area contributed by atoms with Gasteiger partial charge in [0.15, 0.2) is 0 Å². The average molecular weight is 679 g/mol. The number of fused-ring (bicyclic) bond motifs is 1. The lowest BCUT2D eigenvalue weighted by Crippen LogP contribution is -2.46. The number of nitrogens with one attached hydrogen (secondary N) is 2. The van der Waals surface area contributed by atoms with Gasteiger partial charge in [0.1, 0.15) is 28.8 Å². The number of pyridine rings is 2. The van der Waals surface area contributed by atoms with Crippen molar-refractivity contribution in [2.75, 3.05) is 23.7 Å². The molecule has 6 rings (SSSR count). The van der Waals surface area contributed by atoms with Gasteiger partial charge in [0.2, 0.25) is 0 Å². The largest absolute Gasteiger partial charge is 0.373 e. The average Bonchev–Trinajstić information content (AvgIpc) is 3.52. The Morgan fingerprint density at radius 2 is 1.78 bits per heavy atom. The number of nitrogens with zero attached hydrogens (tertiary/aromatic N) is 7. The minimum atomic E-state index is -0.547. The molecule has 0 spiro atoms. The van der Waals surface area contributed by atoms with E-state index in [0.29, 0.717) is 49.4 Å². The number of hydrogen-bond acceptors (Lipinski definition) is 8. The number of benzene rings is 2. The summed E-state index contributed by atoms with van der Waals surface area (Å²) in [5.41, 5.74) is 3.80. The summed E-state index contributed by atoms with van der Waals surface area (Å²) in [6, 6.07) is 13.4. The molecule has 1 aliphatic heterocycles. The first-order valence-corrected chi connectivity index (χ1v) is 15.9. The van der Waals surface area contributed by atoms with Crippen molar-refractivity contribution in [3.63, 3.8) is 0 Å². The van der Waals surface area contributed by atoms with Crippen LogP contribution in [0.15, 0.2) is 61.1 Å². The molecule has 1 fully saturated rings. The summed E-state index contributed by atoms with van der Waals surface area (Å²) in [5, 5.41) is 27.0. The Kier molecular flexibility index (Phi) is 9.03. The molecule has 0 saturated carbocycles. The quantitative estimate of drug-likeness (QED) is 0.165. The van der Waals surface area contributed by atoms with Crippen LogP contribution in [-0.2, 0) is 0 Å². The second-order valence-corrected chi connectivity index (χ2v) is 13.4. The zero-order chi connectivity index (χ0) is 32.6. The molecule has 13 heteroatoms. The van der Waals surface area contributed by atoms with Gasteiger partial charge >= 0.3 is 0 Å². The van der Waals surface area contributed by atoms with E-state index < -0.39 is 11.9 Å². The summed E-state index contributed by atoms with van der Waals surface area (Å²) >= 11 is 19.4. The van der Waals surface area contributed by atoms with Crippen molar-refractivity contribution in [1.82, 2.24) is 29.9 Å². The highest BCUT2D eigenvalue weighted by molar-refractivity contribution is 6.36. The van der Waals surface area contributed by atoms with Crippen LogP contribution in [0.3, 0.4) is 0 Å². The van der Waals surface area contributed by atoms with Crippen LogP contribution in [0, 0.1) is 17.1 Å². The summed E-state index contributed by atoms with van der Waals surface area (Å²) in [7, 11) is 0. The summed E-state index contributed by atoms with van der Waals surface area (Å²) in [6.45, 7) is 8.68. The molecular formula is C33H31Cl3FN9. The number of aromatic nitrogens is 5. The van der Waals surface area contributed by atoms with Crippen LogP contribution >= 0.6 is 34.8 Å². The predicted octanol–water partition coefficient (Wildman–Crippen LogP) is 8.57. The van der Waals surface area contributed by atoms with Gasteiger partial charge in [-0.2, -0.15) is 5.26 Å². The molecule has 1 atom stereocenters. The minimum absolute atomic E-state index is 0.0498. The highest BCUT2D eigenvalue weighted by Crippen LogP contribution is 2.38. The molecule has 236 valence electrons. The maximum Gasteiger partial charge on any atom is 0.141 e. The number of rotatable bonds is 7. The maximum atomic E-state index is 13.9. The van der Waals surface area contributed by atoms with Crippen molar-refractivity contribution in [3.8, 4) is 6.07 Å². The van der Waals surface area contributed by atoms with Gasteiger partial charge in [-0.1, -0.05) is 46.1 Å². The van der Waals surface area contributed by atoms with Crippen LogP contribution in [0.2, 0.25) is 15.2 Å². The number of anilines is 3. The fourth-order valence-electron chi connectivity index (χ4n) is 5.77. The normalized spacial score (nSPS) is 15.1. The molecule has 2 N–H and O–H groups in total. The lowest BCUT2D eigenvalue weighted by atomic mass is 9.98. The van der Waals surface area contributed by atoms with E-state index in [1.165, 1.54) is 24.4 Å². The number of hydrogen-bond donors (Lipinski definition) is 2. The second kappa shape index (κ2) is 13.0. The van der Waals surface area contributed by atoms with E-state index in [0.717, 1.165) is 25.9 Å². The van der Waals surface area contributed by atoms with Gasteiger partial charge in [-0.15, -0.1) is 5.10 Å². The Hall–Kier alpha value is -4.01. The number of piperidine rings is 1. The SMILES string of the molecule is CC(C)(C)N1CCC(n2cc([C@@H](Nc3cc(Cl)c4ncc(C#N)c(Nc5ccc(F)c(Cl)c5)c4c3)c3cccnc3Cl)nn2)CC1. The lowest BCUT2D eigenvalue weighted by molar-refractivity contribution is 0.0866. The first kappa shape index (κ1) is 32.0. The van der Waals surface area contributed by atoms with Crippen molar-refractivity contribution < 1.29 is 4.39 Å². The fourth-order valence-corrected chi connectivity index (χ4v) is 6.45. The summed E-state index contributed by atoms with van der Waals surface area (Å²) < 4.78 is 15.8. The molecule has 4 heterocycles. The number of halogens is 4. The van der Waals surface area contributed by atoms with Crippen molar-refractivity contribution in [2.45, 2.75) is 51.2 Å². The minimum Gasteiger partial charge on any atom is -0.373 e. The van der Waals surface area contributed by atoms with Crippen LogP contribution in [0.1, 0.15) is 62.5 Å². The Balaban J connectivity index is 1.37. The van der Waals surface area contributed by atoms with Gasteiger partial charge in [-0.05, 0) is 70.0 Å². The first-order valence-electron chi connectivity index (χ1n) is 14.8. The van der Waals surface area contributed by atoms with E-state index in [1.54, 1.807) is 12.3 Å². The second-order valence-electron chi connectivity index (χ2n) is 12.2. The topological polar surface area (TPSA) is 108 Å². The third kappa shape index (κ3) is 6.60. The molecule has 0 aliphatic carbocycles. The number of likely N-dealkylation sites (tertiary alicyclic amines) is 1. The maximum absolute atomic E-state index is 13.9. The molecule has 1 aliphatic rings. The molecular weight excluding hydrogens is 648 g/mol. The molecule has 5 aromatic rings. The van der Waals surface area contributed by atoms with Crippen LogP contribution in [-0.4, -0.2) is 48.5 Å². The molecule has 0 bridgehead atoms. The van der Waals surface area contributed by atoms with Gasteiger partial charge in [-0.25, -0.2) is 14.1 Å². The summed E-state index contributed by atoms with van der Waals surface area (Å²) in [6.07, 6.45) is 6.97. The van der Waals surface area contributed by atoms with Crippen molar-refractivity contribution in [1.29, 1.82) is 5.26 Å². The zero-order valence-electron chi connectivity index (χ0n) is 25.4. The third-order valence-electron chi connectivity index (χ3n) is 8.26. The smallest absolute Gasteiger partial charge is 0.141 e.